The Morgan fingerprint density at radius 1 is 0.950 bits per heavy atom. The highest BCUT2D eigenvalue weighted by atomic mass is 32.1. The first-order valence-electron chi connectivity index (χ1n) is 13.7. The quantitative estimate of drug-likeness (QED) is 0.146. The molecule has 0 saturated carbocycles. The van der Waals surface area contributed by atoms with E-state index in [1.807, 2.05) is 24.3 Å². The van der Waals surface area contributed by atoms with Crippen molar-refractivity contribution in [3.05, 3.63) is 59.2 Å². The molecule has 2 aromatic rings. The maximum Gasteiger partial charge on any atom is 0.413 e. The number of unbranched alkanes of at least 4 members (excludes halogenated alkanes) is 3. The minimum absolute atomic E-state index is 0.154. The molecule has 0 spiro atoms. The highest BCUT2D eigenvalue weighted by Gasteiger charge is 2.22. The summed E-state index contributed by atoms with van der Waals surface area (Å²) in [6, 6.07) is 13.3. The summed E-state index contributed by atoms with van der Waals surface area (Å²) in [7, 11) is 0. The van der Waals surface area contributed by atoms with E-state index in [1.165, 1.54) is 22.3 Å². The molecular formula is C30H40N4O5S. The Morgan fingerprint density at radius 2 is 1.62 bits per heavy atom. The van der Waals surface area contributed by atoms with Crippen molar-refractivity contribution in [3.63, 3.8) is 0 Å². The van der Waals surface area contributed by atoms with Crippen LogP contribution in [-0.4, -0.2) is 47.8 Å². The molecule has 2 amide bonds. The molecule has 9 nitrogen and oxygen atoms in total. The standard InChI is InChI=1S/C30H40N4O5S/c1-30(2,3)39-29(37)34-28(40)33-16-9-5-4-8-15-32-27(36)25(31)18-26(35)38-19-21-12-10-14-23-22-13-7-6-11-20(22)17-24(21)23/h6-7,10-14,25H,4-5,8-9,15-19,31H2,1-3H3,(H,32,36)(H2,33,34,37,40). The molecule has 0 bridgehead atoms. The zero-order chi connectivity index (χ0) is 29.1. The van der Waals surface area contributed by atoms with Crippen molar-refractivity contribution in [2.45, 2.75) is 77.5 Å². The molecule has 1 aliphatic carbocycles. The molecule has 0 radical (unpaired) electrons. The van der Waals surface area contributed by atoms with Crippen LogP contribution in [0.4, 0.5) is 4.79 Å². The molecule has 1 aliphatic rings. The first kappa shape index (κ1) is 31.0. The number of ether oxygens (including phenoxy) is 2. The number of hydrogen-bond donors (Lipinski definition) is 4. The molecule has 0 saturated heterocycles. The van der Waals surface area contributed by atoms with E-state index in [2.05, 4.69) is 34.1 Å². The Bertz CT molecular complexity index is 1210. The van der Waals surface area contributed by atoms with Crippen molar-refractivity contribution in [3.8, 4) is 11.1 Å². The van der Waals surface area contributed by atoms with E-state index in [9.17, 15) is 14.4 Å². The number of nitrogens with one attached hydrogen (secondary N) is 3. The number of rotatable bonds is 12. The maximum absolute atomic E-state index is 12.4. The van der Waals surface area contributed by atoms with Gasteiger partial charge in [0, 0.05) is 13.1 Å². The number of carbonyl (C=O) groups excluding carboxylic acids is 3. The van der Waals surface area contributed by atoms with Gasteiger partial charge in [-0.05, 0) is 80.1 Å². The SMILES string of the molecule is CC(C)(C)OC(=O)NC(=S)NCCCCCCNC(=O)C(N)CC(=O)OCc1cccc2c1Cc1ccccc1-2. The van der Waals surface area contributed by atoms with Gasteiger partial charge in [0.05, 0.1) is 12.5 Å². The van der Waals surface area contributed by atoms with E-state index in [0.717, 1.165) is 37.7 Å². The van der Waals surface area contributed by atoms with Crippen molar-refractivity contribution in [1.82, 2.24) is 16.0 Å². The monoisotopic (exact) mass is 568 g/mol. The van der Waals surface area contributed by atoms with E-state index in [0.29, 0.717) is 13.1 Å². The predicted molar refractivity (Wildman–Crippen MR) is 159 cm³/mol. The molecule has 40 heavy (non-hydrogen) atoms. The predicted octanol–water partition coefficient (Wildman–Crippen LogP) is 4.09. The van der Waals surface area contributed by atoms with Gasteiger partial charge in [-0.15, -0.1) is 0 Å². The average Bonchev–Trinajstić information content (AvgIpc) is 3.27. The third kappa shape index (κ3) is 9.91. The fourth-order valence-corrected chi connectivity index (χ4v) is 4.62. The minimum Gasteiger partial charge on any atom is -0.461 e. The largest absolute Gasteiger partial charge is 0.461 e. The Morgan fingerprint density at radius 3 is 2.35 bits per heavy atom. The van der Waals surface area contributed by atoms with Crippen LogP contribution in [0.5, 0.6) is 0 Å². The van der Waals surface area contributed by atoms with E-state index in [4.69, 9.17) is 27.4 Å². The molecule has 1 unspecified atom stereocenters. The van der Waals surface area contributed by atoms with Crippen LogP contribution in [0, 0.1) is 0 Å². The number of hydrogen-bond acceptors (Lipinski definition) is 7. The molecule has 1 atom stereocenters. The number of amides is 2. The number of fused-ring (bicyclic) bond motifs is 3. The van der Waals surface area contributed by atoms with Crippen LogP contribution < -0.4 is 21.7 Å². The summed E-state index contributed by atoms with van der Waals surface area (Å²) in [5, 5.41) is 8.46. The molecule has 0 aromatic heterocycles. The van der Waals surface area contributed by atoms with Gasteiger partial charge in [-0.3, -0.25) is 14.9 Å². The van der Waals surface area contributed by atoms with Crippen molar-refractivity contribution in [1.29, 1.82) is 0 Å². The van der Waals surface area contributed by atoms with Crippen LogP contribution in [0.3, 0.4) is 0 Å². The second kappa shape index (κ2) is 14.8. The Balaban J connectivity index is 1.24. The zero-order valence-electron chi connectivity index (χ0n) is 23.5. The molecule has 0 aliphatic heterocycles. The van der Waals surface area contributed by atoms with Gasteiger partial charge in [0.1, 0.15) is 12.2 Å². The van der Waals surface area contributed by atoms with Crippen molar-refractivity contribution >= 4 is 35.3 Å². The van der Waals surface area contributed by atoms with Gasteiger partial charge >= 0.3 is 12.1 Å². The van der Waals surface area contributed by atoms with E-state index >= 15 is 0 Å². The number of esters is 1. The molecule has 0 heterocycles. The highest BCUT2D eigenvalue weighted by molar-refractivity contribution is 7.80. The smallest absolute Gasteiger partial charge is 0.413 e. The number of thiocarbonyl (C=S) groups is 1. The van der Waals surface area contributed by atoms with Gasteiger partial charge < -0.3 is 25.8 Å². The van der Waals surface area contributed by atoms with Gasteiger partial charge in [0.25, 0.3) is 0 Å². The summed E-state index contributed by atoms with van der Waals surface area (Å²) in [6.45, 7) is 6.59. The lowest BCUT2D eigenvalue weighted by molar-refractivity contribution is -0.146. The average molecular weight is 569 g/mol. The van der Waals surface area contributed by atoms with E-state index in [1.54, 1.807) is 20.8 Å². The van der Waals surface area contributed by atoms with Crippen LogP contribution >= 0.6 is 12.2 Å². The number of carbonyl (C=O) groups is 3. The second-order valence-electron chi connectivity index (χ2n) is 10.8. The van der Waals surface area contributed by atoms with Gasteiger partial charge in [-0.2, -0.15) is 0 Å². The van der Waals surface area contributed by atoms with Gasteiger partial charge in [-0.25, -0.2) is 4.79 Å². The summed E-state index contributed by atoms with van der Waals surface area (Å²) in [4.78, 5) is 36.3. The molecule has 3 rings (SSSR count). The molecule has 0 fully saturated rings. The summed E-state index contributed by atoms with van der Waals surface area (Å²) < 4.78 is 10.6. The fourth-order valence-electron chi connectivity index (χ4n) is 4.44. The van der Waals surface area contributed by atoms with Crippen LogP contribution in [0.25, 0.3) is 11.1 Å². The van der Waals surface area contributed by atoms with Crippen LogP contribution in [0.2, 0.25) is 0 Å². The summed E-state index contributed by atoms with van der Waals surface area (Å²) in [5.41, 5.74) is 11.2. The van der Waals surface area contributed by atoms with Gasteiger partial charge in [0.2, 0.25) is 5.91 Å². The molecule has 2 aromatic carbocycles. The third-order valence-corrected chi connectivity index (χ3v) is 6.61. The normalized spacial score (nSPS) is 12.5. The van der Waals surface area contributed by atoms with Crippen molar-refractivity contribution < 1.29 is 23.9 Å². The first-order valence-corrected chi connectivity index (χ1v) is 14.1. The summed E-state index contributed by atoms with van der Waals surface area (Å²) in [6.07, 6.45) is 3.51. The Kier molecular flexibility index (Phi) is 11.5. The molecule has 216 valence electrons. The van der Waals surface area contributed by atoms with Crippen LogP contribution in [-0.2, 0) is 32.1 Å². The third-order valence-electron chi connectivity index (χ3n) is 6.36. The fraction of sp³-hybridized carbons (Fsp3) is 0.467. The van der Waals surface area contributed by atoms with Crippen molar-refractivity contribution in [2.75, 3.05) is 13.1 Å². The topological polar surface area (TPSA) is 132 Å². The zero-order valence-corrected chi connectivity index (χ0v) is 24.3. The lowest BCUT2D eigenvalue weighted by Gasteiger charge is -2.20. The maximum atomic E-state index is 12.4. The van der Waals surface area contributed by atoms with E-state index < -0.39 is 23.7 Å². The van der Waals surface area contributed by atoms with Gasteiger partial charge in [0.15, 0.2) is 5.11 Å². The van der Waals surface area contributed by atoms with Gasteiger partial charge in [-0.1, -0.05) is 55.3 Å². The van der Waals surface area contributed by atoms with Crippen LogP contribution in [0.15, 0.2) is 42.5 Å². The Hall–Kier alpha value is -3.50. The number of benzene rings is 2. The van der Waals surface area contributed by atoms with Crippen molar-refractivity contribution in [2.24, 2.45) is 5.73 Å². The molecular weight excluding hydrogens is 528 g/mol. The number of nitrogens with two attached hydrogens (primary N) is 1. The summed E-state index contributed by atoms with van der Waals surface area (Å²) in [5.74, 6) is -0.865. The number of alkyl carbamates (subject to hydrolysis) is 1. The lowest BCUT2D eigenvalue weighted by atomic mass is 10.0. The minimum atomic E-state index is -0.957. The molecule has 5 N–H and O–H groups in total. The van der Waals surface area contributed by atoms with Crippen LogP contribution in [0.1, 0.15) is 69.6 Å². The summed E-state index contributed by atoms with van der Waals surface area (Å²) >= 11 is 5.08. The second-order valence-corrected chi connectivity index (χ2v) is 11.2. The Labute approximate surface area is 241 Å². The molecule has 10 heteroatoms. The highest BCUT2D eigenvalue weighted by Crippen LogP contribution is 2.38. The lowest BCUT2D eigenvalue weighted by Crippen LogP contribution is -2.42. The first-order chi connectivity index (χ1) is 19.0. The van der Waals surface area contributed by atoms with E-state index in [-0.39, 0.29) is 24.0 Å².